The molecule has 3 heterocycles. The Balaban J connectivity index is 1.27. The van der Waals surface area contributed by atoms with Crippen LogP contribution in [0.2, 0.25) is 0 Å². The molecule has 1 aliphatic rings. The summed E-state index contributed by atoms with van der Waals surface area (Å²) in [6.07, 6.45) is 0.237. The van der Waals surface area contributed by atoms with Crippen LogP contribution in [-0.4, -0.2) is 33.1 Å². The van der Waals surface area contributed by atoms with Gasteiger partial charge in [-0.15, -0.1) is 5.10 Å². The number of nitrogens with zero attached hydrogens (tertiary/aromatic N) is 4. The molecule has 10 heteroatoms. The Bertz CT molecular complexity index is 1320. The van der Waals surface area contributed by atoms with E-state index >= 15 is 0 Å². The predicted octanol–water partition coefficient (Wildman–Crippen LogP) is 2.14. The zero-order valence-corrected chi connectivity index (χ0v) is 16.2. The molecule has 4 aromatic rings. The molecule has 10 nitrogen and oxygen atoms in total. The molecule has 2 aromatic carbocycles. The van der Waals surface area contributed by atoms with E-state index in [2.05, 4.69) is 15.5 Å². The fraction of sp³-hybridized carbons (Fsp3) is 0.190. The third-order valence-electron chi connectivity index (χ3n) is 5.10. The molecule has 1 aliphatic heterocycles. The molecular weight excluding hydrogens is 402 g/mol. The van der Waals surface area contributed by atoms with Gasteiger partial charge in [-0.05, 0) is 24.3 Å². The van der Waals surface area contributed by atoms with E-state index in [1.54, 1.807) is 29.2 Å². The summed E-state index contributed by atoms with van der Waals surface area (Å²) in [5.74, 6) is -1.18. The van der Waals surface area contributed by atoms with Crippen molar-refractivity contribution in [3.05, 3.63) is 71.0 Å². The minimum Gasteiger partial charge on any atom is -0.408 e. The Morgan fingerprint density at radius 3 is 2.65 bits per heavy atom. The normalized spacial score (nSPS) is 16.2. The van der Waals surface area contributed by atoms with Crippen molar-refractivity contribution in [3.63, 3.8) is 0 Å². The monoisotopic (exact) mass is 419 g/mol. The number of para-hydroxylation sites is 3. The smallest absolute Gasteiger partial charge is 0.408 e. The molecule has 0 aliphatic carbocycles. The van der Waals surface area contributed by atoms with Crippen molar-refractivity contribution in [2.45, 2.75) is 18.9 Å². The number of amides is 2. The first-order valence-corrected chi connectivity index (χ1v) is 9.65. The average molecular weight is 419 g/mol. The number of fused-ring (bicyclic) bond motifs is 1. The van der Waals surface area contributed by atoms with Crippen molar-refractivity contribution < 1.29 is 18.4 Å². The molecule has 31 heavy (non-hydrogen) atoms. The second-order valence-corrected chi connectivity index (χ2v) is 7.16. The first-order chi connectivity index (χ1) is 15.1. The van der Waals surface area contributed by atoms with Crippen molar-refractivity contribution in [1.82, 2.24) is 14.8 Å². The summed E-state index contributed by atoms with van der Waals surface area (Å²) in [4.78, 5) is 38.5. The maximum atomic E-state index is 12.4. The van der Waals surface area contributed by atoms with Crippen LogP contribution in [0.15, 0.2) is 68.2 Å². The number of hydrogen-bond donors (Lipinski definition) is 1. The number of hydrogen-bond acceptors (Lipinski definition) is 7. The molecule has 5 rings (SSSR count). The van der Waals surface area contributed by atoms with Gasteiger partial charge in [-0.3, -0.25) is 19.5 Å². The van der Waals surface area contributed by atoms with Crippen LogP contribution in [0.4, 0.5) is 11.7 Å². The lowest BCUT2D eigenvalue weighted by Crippen LogP contribution is -2.24. The maximum absolute atomic E-state index is 12.4. The van der Waals surface area contributed by atoms with E-state index in [4.69, 9.17) is 8.83 Å². The van der Waals surface area contributed by atoms with Gasteiger partial charge in [0.2, 0.25) is 17.7 Å². The van der Waals surface area contributed by atoms with Gasteiger partial charge in [-0.1, -0.05) is 35.4 Å². The van der Waals surface area contributed by atoms with E-state index in [1.165, 1.54) is 4.57 Å². The van der Waals surface area contributed by atoms with Crippen LogP contribution in [0.1, 0.15) is 18.2 Å². The summed E-state index contributed by atoms with van der Waals surface area (Å²) in [6, 6.07) is 16.1. The minimum absolute atomic E-state index is 0.0359. The van der Waals surface area contributed by atoms with Crippen LogP contribution in [0.5, 0.6) is 0 Å². The molecule has 1 N–H and O–H groups in total. The molecule has 0 unspecified atom stereocenters. The van der Waals surface area contributed by atoms with E-state index < -0.39 is 11.7 Å². The number of carbonyl (C=O) groups excluding carboxylic acids is 2. The number of anilines is 2. The number of benzene rings is 2. The van der Waals surface area contributed by atoms with Crippen LogP contribution in [0.3, 0.4) is 0 Å². The Kier molecular flexibility index (Phi) is 4.58. The van der Waals surface area contributed by atoms with Crippen LogP contribution >= 0.6 is 0 Å². The first-order valence-electron chi connectivity index (χ1n) is 9.65. The second-order valence-electron chi connectivity index (χ2n) is 7.16. The van der Waals surface area contributed by atoms with E-state index in [0.29, 0.717) is 17.6 Å². The lowest BCUT2D eigenvalue weighted by atomic mass is 10.1. The van der Waals surface area contributed by atoms with Crippen LogP contribution < -0.4 is 16.0 Å². The van der Waals surface area contributed by atoms with Crippen molar-refractivity contribution in [1.29, 1.82) is 0 Å². The van der Waals surface area contributed by atoms with E-state index in [1.807, 2.05) is 30.3 Å². The molecule has 0 bridgehead atoms. The topological polar surface area (TPSA) is 123 Å². The molecule has 1 saturated heterocycles. The van der Waals surface area contributed by atoms with Crippen molar-refractivity contribution >= 4 is 34.6 Å². The average Bonchev–Trinajstić information content (AvgIpc) is 3.47. The van der Waals surface area contributed by atoms with Gasteiger partial charge in [0.15, 0.2) is 5.58 Å². The summed E-state index contributed by atoms with van der Waals surface area (Å²) in [5, 5.41) is 10.3. The van der Waals surface area contributed by atoms with Gasteiger partial charge in [0.25, 0.3) is 0 Å². The Morgan fingerprint density at radius 2 is 1.81 bits per heavy atom. The lowest BCUT2D eigenvalue weighted by molar-refractivity contribution is -0.117. The number of oxazole rings is 1. The zero-order chi connectivity index (χ0) is 21.4. The minimum atomic E-state index is -0.631. The highest BCUT2D eigenvalue weighted by molar-refractivity contribution is 5.96. The molecule has 0 saturated carbocycles. The highest BCUT2D eigenvalue weighted by Crippen LogP contribution is 2.31. The van der Waals surface area contributed by atoms with Crippen molar-refractivity contribution in [3.8, 4) is 0 Å². The highest BCUT2D eigenvalue weighted by atomic mass is 16.4. The fourth-order valence-corrected chi connectivity index (χ4v) is 3.65. The third-order valence-corrected chi connectivity index (χ3v) is 5.10. The van der Waals surface area contributed by atoms with E-state index in [0.717, 1.165) is 5.69 Å². The molecule has 2 aromatic heterocycles. The van der Waals surface area contributed by atoms with Gasteiger partial charge >= 0.3 is 11.8 Å². The van der Waals surface area contributed by atoms with Gasteiger partial charge in [-0.25, -0.2) is 4.79 Å². The van der Waals surface area contributed by atoms with Crippen molar-refractivity contribution in [2.24, 2.45) is 0 Å². The molecule has 0 radical (unpaired) electrons. The standard InChI is InChI=1S/C21H17N5O5/c27-17(12-26-15-8-4-5-9-16(15)30-21(26)29)22-20-24-23-19(31-20)13-10-18(28)25(11-13)14-6-2-1-3-7-14/h1-9,13H,10-12H2,(H,22,24,27)/t13-/m0/s1. The molecule has 1 fully saturated rings. The predicted molar refractivity (Wildman–Crippen MR) is 110 cm³/mol. The summed E-state index contributed by atoms with van der Waals surface area (Å²) in [7, 11) is 0. The number of aromatic nitrogens is 3. The SMILES string of the molecule is O=C(Cn1c(=O)oc2ccccc21)Nc1nnc([C@H]2CC(=O)N(c3ccccc3)C2)o1. The van der Waals surface area contributed by atoms with Crippen LogP contribution in [-0.2, 0) is 16.1 Å². The third kappa shape index (κ3) is 3.59. The Labute approximate surface area is 175 Å². The lowest BCUT2D eigenvalue weighted by Gasteiger charge is -2.15. The zero-order valence-electron chi connectivity index (χ0n) is 16.2. The molecule has 2 amide bonds. The van der Waals surface area contributed by atoms with Gasteiger partial charge in [0.05, 0.1) is 11.4 Å². The van der Waals surface area contributed by atoms with E-state index in [-0.39, 0.29) is 36.7 Å². The maximum Gasteiger partial charge on any atom is 0.420 e. The largest absolute Gasteiger partial charge is 0.420 e. The van der Waals surface area contributed by atoms with Crippen LogP contribution in [0, 0.1) is 0 Å². The molecule has 1 atom stereocenters. The number of rotatable bonds is 5. The van der Waals surface area contributed by atoms with E-state index in [9.17, 15) is 14.4 Å². The quantitative estimate of drug-likeness (QED) is 0.526. The molecule has 0 spiro atoms. The highest BCUT2D eigenvalue weighted by Gasteiger charge is 2.35. The van der Waals surface area contributed by atoms with Crippen LogP contribution in [0.25, 0.3) is 11.1 Å². The van der Waals surface area contributed by atoms with Gasteiger partial charge < -0.3 is 13.7 Å². The van der Waals surface area contributed by atoms with Gasteiger partial charge in [-0.2, -0.15) is 0 Å². The van der Waals surface area contributed by atoms with Gasteiger partial charge in [0, 0.05) is 18.7 Å². The molecule has 156 valence electrons. The summed E-state index contributed by atoms with van der Waals surface area (Å²) < 4.78 is 11.9. The number of nitrogens with one attached hydrogen (secondary N) is 1. The second kappa shape index (κ2) is 7.56. The number of carbonyl (C=O) groups is 2. The Hall–Kier alpha value is -4.21. The van der Waals surface area contributed by atoms with Crippen molar-refractivity contribution in [2.75, 3.05) is 16.8 Å². The van der Waals surface area contributed by atoms with Gasteiger partial charge in [0.1, 0.15) is 6.54 Å². The Morgan fingerprint density at radius 1 is 1.03 bits per heavy atom. The summed E-state index contributed by atoms with van der Waals surface area (Å²) in [5.41, 5.74) is 1.72. The molecular formula is C21H17N5O5. The summed E-state index contributed by atoms with van der Waals surface area (Å²) >= 11 is 0. The summed E-state index contributed by atoms with van der Waals surface area (Å²) in [6.45, 7) is 0.145. The first kappa shape index (κ1) is 18.8. The fourth-order valence-electron chi connectivity index (χ4n) is 3.65.